The fourth-order valence-corrected chi connectivity index (χ4v) is 2.35. The van der Waals surface area contributed by atoms with E-state index in [0.717, 1.165) is 10.8 Å². The molecule has 0 aliphatic heterocycles. The van der Waals surface area contributed by atoms with E-state index in [-0.39, 0.29) is 0 Å². The molecule has 0 fully saturated rings. The van der Waals surface area contributed by atoms with Gasteiger partial charge in [-0.15, -0.1) is 11.6 Å². The zero-order chi connectivity index (χ0) is 10.7. The molecule has 1 nitrogen and oxygen atoms in total. The molecule has 1 atom stereocenters. The number of carbonyl (C=O) groups excluding carboxylic acids is 1. The molecule has 14 heavy (non-hydrogen) atoms. The van der Waals surface area contributed by atoms with Gasteiger partial charge in [0.2, 0.25) is 0 Å². The molecule has 0 amide bonds. The van der Waals surface area contributed by atoms with E-state index >= 15 is 0 Å². The summed E-state index contributed by atoms with van der Waals surface area (Å²) >= 11 is 9.23. The lowest BCUT2D eigenvalue weighted by Gasteiger charge is -2.11. The number of halogens is 2. The molecule has 0 spiro atoms. The third-order valence-electron chi connectivity index (χ3n) is 2.21. The predicted octanol–water partition coefficient (Wildman–Crippen LogP) is 3.41. The first-order chi connectivity index (χ1) is 6.54. The molecule has 76 valence electrons. The average Bonchev–Trinajstić information content (AvgIpc) is 2.10. The Kier molecular flexibility index (Phi) is 4.14. The SMILES string of the molecule is Cc1cc(Br)cc(C)c1CC(Cl)C=O. The van der Waals surface area contributed by atoms with Crippen molar-refractivity contribution in [1.29, 1.82) is 0 Å². The quantitative estimate of drug-likeness (QED) is 0.610. The molecule has 3 heteroatoms. The van der Waals surface area contributed by atoms with Crippen LogP contribution in [0, 0.1) is 13.8 Å². The van der Waals surface area contributed by atoms with Crippen LogP contribution in [0.4, 0.5) is 0 Å². The van der Waals surface area contributed by atoms with Crippen molar-refractivity contribution in [1.82, 2.24) is 0 Å². The van der Waals surface area contributed by atoms with Gasteiger partial charge in [0, 0.05) is 4.47 Å². The Morgan fingerprint density at radius 1 is 1.43 bits per heavy atom. The molecular formula is C11H12BrClO. The number of rotatable bonds is 3. The van der Waals surface area contributed by atoms with Gasteiger partial charge in [0.15, 0.2) is 0 Å². The smallest absolute Gasteiger partial charge is 0.138 e. The van der Waals surface area contributed by atoms with Gasteiger partial charge in [0.25, 0.3) is 0 Å². The summed E-state index contributed by atoms with van der Waals surface area (Å²) in [5.41, 5.74) is 3.51. The predicted molar refractivity (Wildman–Crippen MR) is 63.0 cm³/mol. The van der Waals surface area contributed by atoms with Gasteiger partial charge < -0.3 is 4.79 Å². The van der Waals surface area contributed by atoms with Gasteiger partial charge in [0.1, 0.15) is 6.29 Å². The lowest BCUT2D eigenvalue weighted by atomic mass is 9.99. The number of benzene rings is 1. The molecule has 0 heterocycles. The third kappa shape index (κ3) is 2.82. The van der Waals surface area contributed by atoms with Crippen molar-refractivity contribution < 1.29 is 4.79 Å². The first kappa shape index (κ1) is 11.7. The van der Waals surface area contributed by atoms with Gasteiger partial charge >= 0.3 is 0 Å². The van der Waals surface area contributed by atoms with Crippen LogP contribution in [0.3, 0.4) is 0 Å². The van der Waals surface area contributed by atoms with Crippen LogP contribution in [0.2, 0.25) is 0 Å². The molecular weight excluding hydrogens is 263 g/mol. The Labute approximate surface area is 97.6 Å². The topological polar surface area (TPSA) is 17.1 Å². The molecule has 0 saturated heterocycles. The van der Waals surface area contributed by atoms with Gasteiger partial charge in [-0.05, 0) is 49.1 Å². The average molecular weight is 276 g/mol. The largest absolute Gasteiger partial charge is 0.302 e. The third-order valence-corrected chi connectivity index (χ3v) is 2.92. The highest BCUT2D eigenvalue weighted by atomic mass is 79.9. The van der Waals surface area contributed by atoms with Gasteiger partial charge in [-0.2, -0.15) is 0 Å². The van der Waals surface area contributed by atoms with Crippen LogP contribution < -0.4 is 0 Å². The molecule has 1 unspecified atom stereocenters. The van der Waals surface area contributed by atoms with Crippen LogP contribution in [0.15, 0.2) is 16.6 Å². The number of aryl methyl sites for hydroxylation is 2. The fraction of sp³-hybridized carbons (Fsp3) is 0.364. The summed E-state index contributed by atoms with van der Waals surface area (Å²) < 4.78 is 1.06. The second-order valence-corrected chi connectivity index (χ2v) is 4.85. The highest BCUT2D eigenvalue weighted by Gasteiger charge is 2.09. The van der Waals surface area contributed by atoms with Crippen LogP contribution in [0.1, 0.15) is 16.7 Å². The first-order valence-corrected chi connectivity index (χ1v) is 5.62. The molecule has 0 radical (unpaired) electrons. The Morgan fingerprint density at radius 3 is 2.36 bits per heavy atom. The van der Waals surface area contributed by atoms with E-state index in [0.29, 0.717) is 6.42 Å². The minimum atomic E-state index is -0.423. The van der Waals surface area contributed by atoms with E-state index in [2.05, 4.69) is 15.9 Å². The van der Waals surface area contributed by atoms with E-state index in [1.807, 2.05) is 26.0 Å². The van der Waals surface area contributed by atoms with Crippen molar-refractivity contribution in [3.63, 3.8) is 0 Å². The summed E-state index contributed by atoms with van der Waals surface area (Å²) in [5, 5.41) is -0.423. The minimum absolute atomic E-state index is 0.423. The van der Waals surface area contributed by atoms with Crippen LogP contribution in [-0.2, 0) is 11.2 Å². The molecule has 0 bridgehead atoms. The van der Waals surface area contributed by atoms with E-state index in [4.69, 9.17) is 11.6 Å². The lowest BCUT2D eigenvalue weighted by molar-refractivity contribution is -0.107. The molecule has 0 saturated carbocycles. The zero-order valence-electron chi connectivity index (χ0n) is 8.18. The Balaban J connectivity index is 3.02. The van der Waals surface area contributed by atoms with Crippen molar-refractivity contribution >= 4 is 33.8 Å². The summed E-state index contributed by atoms with van der Waals surface area (Å²) in [5.74, 6) is 0. The summed E-state index contributed by atoms with van der Waals surface area (Å²) in [6, 6.07) is 4.08. The van der Waals surface area contributed by atoms with Crippen molar-refractivity contribution in [2.75, 3.05) is 0 Å². The first-order valence-electron chi connectivity index (χ1n) is 4.39. The highest BCUT2D eigenvalue weighted by Crippen LogP contribution is 2.22. The maximum atomic E-state index is 10.5. The maximum absolute atomic E-state index is 10.5. The van der Waals surface area contributed by atoms with Crippen molar-refractivity contribution in [2.24, 2.45) is 0 Å². The van der Waals surface area contributed by atoms with E-state index in [1.165, 1.54) is 16.7 Å². The standard InChI is InChI=1S/C11H12BrClO/c1-7-3-9(12)4-8(2)11(7)5-10(13)6-14/h3-4,6,10H,5H2,1-2H3. The Morgan fingerprint density at radius 2 is 1.93 bits per heavy atom. The highest BCUT2D eigenvalue weighted by molar-refractivity contribution is 9.10. The van der Waals surface area contributed by atoms with E-state index < -0.39 is 5.38 Å². The summed E-state index contributed by atoms with van der Waals surface area (Å²) in [4.78, 5) is 10.5. The van der Waals surface area contributed by atoms with E-state index in [1.54, 1.807) is 0 Å². The lowest BCUT2D eigenvalue weighted by Crippen LogP contribution is -2.07. The van der Waals surface area contributed by atoms with Crippen LogP contribution in [0.5, 0.6) is 0 Å². The second-order valence-electron chi connectivity index (χ2n) is 3.37. The van der Waals surface area contributed by atoms with E-state index in [9.17, 15) is 4.79 Å². The number of aldehydes is 1. The van der Waals surface area contributed by atoms with Gasteiger partial charge in [-0.3, -0.25) is 0 Å². The molecule has 1 aromatic rings. The summed E-state index contributed by atoms with van der Waals surface area (Å²) in [6.07, 6.45) is 1.39. The normalized spacial score (nSPS) is 12.6. The summed E-state index contributed by atoms with van der Waals surface area (Å²) in [7, 11) is 0. The van der Waals surface area contributed by atoms with Crippen molar-refractivity contribution in [2.45, 2.75) is 25.6 Å². The number of alkyl halides is 1. The van der Waals surface area contributed by atoms with Gasteiger partial charge in [0.05, 0.1) is 5.38 Å². The Hall–Kier alpha value is -0.340. The molecule has 1 rings (SSSR count). The molecule has 1 aromatic carbocycles. The van der Waals surface area contributed by atoms with Gasteiger partial charge in [-0.1, -0.05) is 15.9 Å². The molecule has 0 aromatic heterocycles. The summed E-state index contributed by atoms with van der Waals surface area (Å²) in [6.45, 7) is 4.06. The van der Waals surface area contributed by atoms with Crippen LogP contribution in [0.25, 0.3) is 0 Å². The van der Waals surface area contributed by atoms with Crippen molar-refractivity contribution in [3.05, 3.63) is 33.3 Å². The maximum Gasteiger partial charge on any atom is 0.138 e. The monoisotopic (exact) mass is 274 g/mol. The minimum Gasteiger partial charge on any atom is -0.302 e. The number of carbonyl (C=O) groups is 1. The zero-order valence-corrected chi connectivity index (χ0v) is 10.5. The molecule has 0 aliphatic carbocycles. The molecule has 0 aliphatic rings. The van der Waals surface area contributed by atoms with Crippen molar-refractivity contribution in [3.8, 4) is 0 Å². The van der Waals surface area contributed by atoms with Gasteiger partial charge in [-0.25, -0.2) is 0 Å². The second kappa shape index (κ2) is 4.94. The molecule has 0 N–H and O–H groups in total. The number of hydrogen-bond acceptors (Lipinski definition) is 1. The fourth-order valence-electron chi connectivity index (χ4n) is 1.51. The van der Waals surface area contributed by atoms with Crippen LogP contribution in [-0.4, -0.2) is 11.7 Å². The number of hydrogen-bond donors (Lipinski definition) is 0. The van der Waals surface area contributed by atoms with Crippen LogP contribution >= 0.6 is 27.5 Å². The Bertz CT molecular complexity index is 326.